The molecule has 2 fully saturated rings. The lowest BCUT2D eigenvalue weighted by Crippen LogP contribution is -2.65. The Morgan fingerprint density at radius 2 is 1.53 bits per heavy atom. The minimum atomic E-state index is -3.87. The number of nitrogens with one attached hydrogen (secondary N) is 1. The lowest BCUT2D eigenvalue weighted by molar-refractivity contribution is -0.352. The van der Waals surface area contributed by atoms with Crippen LogP contribution in [-0.2, 0) is 24.2 Å². The van der Waals surface area contributed by atoms with Gasteiger partial charge in [-0.2, -0.15) is 5.26 Å². The molecule has 0 unspecified atom stereocenters. The SMILES string of the molecule is Cc1ccc(S(=O)(=O)Nc2ccc(-c3cc(-c4cccs4)c(C#N)c(O[C@@H]4O[C@H](CO)[C@@H](O[C@@H]5O[C@H](CO)[C@H](O)[C@H](O)[C@H]5O)[C@H](O)[C@H]4O)n3)cc2)cc1. The lowest BCUT2D eigenvalue weighted by atomic mass is 9.97. The zero-order valence-corrected chi connectivity index (χ0v) is 29.5. The van der Waals surface area contributed by atoms with Crippen LogP contribution in [-0.4, -0.2) is 124 Å². The van der Waals surface area contributed by atoms with E-state index in [9.17, 15) is 49.4 Å². The number of benzene rings is 2. The maximum atomic E-state index is 12.9. The number of pyridine rings is 1. The normalized spacial score (nSPS) is 29.0. The molecule has 282 valence electrons. The summed E-state index contributed by atoms with van der Waals surface area (Å²) in [5.41, 5.74) is 2.36. The van der Waals surface area contributed by atoms with E-state index in [0.717, 1.165) is 5.56 Å². The van der Waals surface area contributed by atoms with E-state index in [1.165, 1.54) is 35.6 Å². The van der Waals surface area contributed by atoms with Crippen LogP contribution in [0.15, 0.2) is 77.0 Å². The Bertz CT molecular complexity index is 2010. The molecule has 2 aromatic carbocycles. The summed E-state index contributed by atoms with van der Waals surface area (Å²) in [6, 6.07) is 20.0. The molecule has 2 saturated heterocycles. The Morgan fingerprint density at radius 1 is 0.868 bits per heavy atom. The molecule has 0 spiro atoms. The second kappa shape index (κ2) is 16.1. The standard InChI is InChI=1S/C35H37N3O13S2/c1-17-4-10-20(11-5-17)53(46,47)38-19-8-6-18(7-9-19)23-13-21(26-3-2-12-52-26)22(14-36)33(37-23)51-35-31(45)29(43)32(25(16-40)49-35)50-34-30(44)28(42)27(41)24(15-39)48-34/h2-13,24-25,27-32,34-35,38-45H,15-16H2,1H3/t24-,25-,27+,28+,29-,30-,31-,32-,34+,35+/m1/s1. The van der Waals surface area contributed by atoms with E-state index < -0.39 is 84.6 Å². The summed E-state index contributed by atoms with van der Waals surface area (Å²) >= 11 is 1.33. The van der Waals surface area contributed by atoms with Gasteiger partial charge in [-0.15, -0.1) is 11.3 Å². The number of nitrogens with zero attached hydrogens (tertiary/aromatic N) is 2. The van der Waals surface area contributed by atoms with Gasteiger partial charge in [-0.05, 0) is 48.7 Å². The number of aliphatic hydroxyl groups excluding tert-OH is 7. The second-order valence-corrected chi connectivity index (χ2v) is 15.1. The molecular weight excluding hydrogens is 735 g/mol. The summed E-state index contributed by atoms with van der Waals surface area (Å²) in [6.07, 6.45) is -16.8. The quantitative estimate of drug-likeness (QED) is 0.103. The van der Waals surface area contributed by atoms with Gasteiger partial charge in [0.25, 0.3) is 10.0 Å². The highest BCUT2D eigenvalue weighted by atomic mass is 32.2. The van der Waals surface area contributed by atoms with Gasteiger partial charge in [0.05, 0.1) is 23.8 Å². The van der Waals surface area contributed by atoms with Crippen LogP contribution in [0.4, 0.5) is 5.69 Å². The van der Waals surface area contributed by atoms with Crippen LogP contribution in [0.5, 0.6) is 5.88 Å². The van der Waals surface area contributed by atoms with Gasteiger partial charge in [-0.1, -0.05) is 35.9 Å². The summed E-state index contributed by atoms with van der Waals surface area (Å²) < 4.78 is 51.1. The van der Waals surface area contributed by atoms with Crippen LogP contribution in [0, 0.1) is 18.3 Å². The Balaban J connectivity index is 1.27. The van der Waals surface area contributed by atoms with Crippen molar-refractivity contribution in [3.05, 3.63) is 83.2 Å². The van der Waals surface area contributed by atoms with E-state index in [-0.39, 0.29) is 22.0 Å². The van der Waals surface area contributed by atoms with Gasteiger partial charge in [0.15, 0.2) is 6.29 Å². The van der Waals surface area contributed by atoms with Gasteiger partial charge in [0.1, 0.15) is 60.5 Å². The van der Waals surface area contributed by atoms with Crippen LogP contribution in [0.25, 0.3) is 21.7 Å². The molecule has 6 rings (SSSR count). The minimum Gasteiger partial charge on any atom is -0.444 e. The predicted molar refractivity (Wildman–Crippen MR) is 187 cm³/mol. The minimum absolute atomic E-state index is 0.0378. The lowest BCUT2D eigenvalue weighted by Gasteiger charge is -2.45. The third kappa shape index (κ3) is 8.07. The molecular formula is C35H37N3O13S2. The first-order valence-corrected chi connectivity index (χ1v) is 18.7. The van der Waals surface area contributed by atoms with Gasteiger partial charge < -0.3 is 54.7 Å². The van der Waals surface area contributed by atoms with Crippen molar-refractivity contribution in [3.63, 3.8) is 0 Å². The molecule has 53 heavy (non-hydrogen) atoms. The Hall–Kier alpha value is -4.07. The fraction of sp³-hybridized carbons (Fsp3) is 0.371. The monoisotopic (exact) mass is 771 g/mol. The fourth-order valence-electron chi connectivity index (χ4n) is 5.89. The van der Waals surface area contributed by atoms with Crippen molar-refractivity contribution in [1.29, 1.82) is 5.26 Å². The number of sulfonamides is 1. The number of ether oxygens (including phenoxy) is 4. The van der Waals surface area contributed by atoms with Crippen molar-refractivity contribution < 1.29 is 63.1 Å². The van der Waals surface area contributed by atoms with Crippen LogP contribution in [0.3, 0.4) is 0 Å². The highest BCUT2D eigenvalue weighted by Crippen LogP contribution is 2.38. The molecule has 0 bridgehead atoms. The largest absolute Gasteiger partial charge is 0.444 e. The summed E-state index contributed by atoms with van der Waals surface area (Å²) in [5.74, 6) is -0.293. The van der Waals surface area contributed by atoms with Gasteiger partial charge in [-0.25, -0.2) is 13.4 Å². The highest BCUT2D eigenvalue weighted by molar-refractivity contribution is 7.92. The summed E-state index contributed by atoms with van der Waals surface area (Å²) in [4.78, 5) is 5.29. The Labute approximate surface area is 307 Å². The van der Waals surface area contributed by atoms with E-state index in [0.29, 0.717) is 21.7 Å². The number of anilines is 1. The zero-order chi connectivity index (χ0) is 38.0. The van der Waals surface area contributed by atoms with Gasteiger partial charge in [0.2, 0.25) is 12.2 Å². The number of hydrogen-bond acceptors (Lipinski definition) is 16. The van der Waals surface area contributed by atoms with Crippen molar-refractivity contribution in [1.82, 2.24) is 4.98 Å². The van der Waals surface area contributed by atoms with Crippen molar-refractivity contribution in [2.75, 3.05) is 17.9 Å². The predicted octanol–water partition coefficient (Wildman–Crippen LogP) is 0.461. The summed E-state index contributed by atoms with van der Waals surface area (Å²) in [7, 11) is -3.87. The van der Waals surface area contributed by atoms with E-state index >= 15 is 0 Å². The van der Waals surface area contributed by atoms with Gasteiger partial charge in [0, 0.05) is 21.7 Å². The molecule has 4 heterocycles. The number of hydrogen-bond donors (Lipinski definition) is 8. The third-order valence-corrected chi connectivity index (χ3v) is 11.1. The van der Waals surface area contributed by atoms with E-state index in [4.69, 9.17) is 18.9 Å². The molecule has 8 N–H and O–H groups in total. The number of aliphatic hydroxyl groups is 7. The first-order chi connectivity index (χ1) is 25.3. The molecule has 18 heteroatoms. The van der Waals surface area contributed by atoms with Crippen LogP contribution in [0.1, 0.15) is 11.1 Å². The number of aryl methyl sites for hydroxylation is 1. The third-order valence-electron chi connectivity index (χ3n) is 8.84. The second-order valence-electron chi connectivity index (χ2n) is 12.4. The average molecular weight is 772 g/mol. The van der Waals surface area contributed by atoms with Crippen molar-refractivity contribution >= 4 is 27.0 Å². The number of thiophene rings is 1. The first kappa shape index (κ1) is 38.6. The van der Waals surface area contributed by atoms with Gasteiger partial charge in [-0.3, -0.25) is 4.72 Å². The van der Waals surface area contributed by atoms with Crippen molar-refractivity contribution in [2.45, 2.75) is 73.2 Å². The molecule has 0 radical (unpaired) electrons. The zero-order valence-electron chi connectivity index (χ0n) is 27.9. The Morgan fingerprint density at radius 3 is 2.15 bits per heavy atom. The van der Waals surface area contributed by atoms with Crippen molar-refractivity contribution in [3.8, 4) is 33.6 Å². The number of aromatic nitrogens is 1. The van der Waals surface area contributed by atoms with E-state index in [2.05, 4.69) is 15.8 Å². The molecule has 4 aromatic rings. The smallest absolute Gasteiger partial charge is 0.261 e. The summed E-state index contributed by atoms with van der Waals surface area (Å²) in [6.45, 7) is 0.306. The molecule has 2 aromatic heterocycles. The molecule has 2 aliphatic heterocycles. The molecule has 0 aliphatic carbocycles. The van der Waals surface area contributed by atoms with Gasteiger partial charge >= 0.3 is 0 Å². The fourth-order valence-corrected chi connectivity index (χ4v) is 7.70. The first-order valence-electron chi connectivity index (χ1n) is 16.3. The van der Waals surface area contributed by atoms with E-state index in [1.807, 2.05) is 6.92 Å². The highest BCUT2D eigenvalue weighted by Gasteiger charge is 2.51. The topological polar surface area (TPSA) is 261 Å². The molecule has 10 atom stereocenters. The maximum Gasteiger partial charge on any atom is 0.261 e. The molecule has 2 aliphatic rings. The number of nitriles is 1. The Kier molecular flexibility index (Phi) is 11.8. The van der Waals surface area contributed by atoms with Crippen molar-refractivity contribution in [2.24, 2.45) is 0 Å². The van der Waals surface area contributed by atoms with Crippen LogP contribution < -0.4 is 9.46 Å². The van der Waals surface area contributed by atoms with Crippen LogP contribution >= 0.6 is 11.3 Å². The molecule has 0 amide bonds. The molecule has 16 nitrogen and oxygen atoms in total. The average Bonchev–Trinajstić information content (AvgIpc) is 3.70. The van der Waals surface area contributed by atoms with E-state index in [1.54, 1.807) is 47.8 Å². The molecule has 0 saturated carbocycles. The maximum absolute atomic E-state index is 12.9. The summed E-state index contributed by atoms with van der Waals surface area (Å²) in [5, 5.41) is 84.7. The number of rotatable bonds is 11. The van der Waals surface area contributed by atoms with Crippen LogP contribution in [0.2, 0.25) is 0 Å².